The molecule has 0 amide bonds. The van der Waals surface area contributed by atoms with Crippen molar-refractivity contribution in [2.75, 3.05) is 45.8 Å². The van der Waals surface area contributed by atoms with Gasteiger partial charge in [-0.15, -0.1) is 6.58 Å². The summed E-state index contributed by atoms with van der Waals surface area (Å²) in [5.74, 6) is 0.142. The van der Waals surface area contributed by atoms with E-state index in [1.807, 2.05) is 24.4 Å². The number of hydrogen-bond donors (Lipinski definition) is 1. The molecular formula is C19H30N4S. The minimum atomic E-state index is 0.142. The highest BCUT2D eigenvalue weighted by Gasteiger charge is 2.24. The molecule has 2 rings (SSSR count). The second-order valence-electron chi connectivity index (χ2n) is 6.34. The average molecular weight is 347 g/mol. The molecule has 132 valence electrons. The first-order valence-corrected chi connectivity index (χ1v) is 9.39. The van der Waals surface area contributed by atoms with Gasteiger partial charge in [-0.2, -0.15) is 0 Å². The fourth-order valence-electron chi connectivity index (χ4n) is 3.02. The van der Waals surface area contributed by atoms with E-state index < -0.39 is 0 Å². The number of thiocarbonyl (C=S) groups is 1. The number of pyridine rings is 1. The summed E-state index contributed by atoms with van der Waals surface area (Å²) in [4.78, 5) is 10.5. The molecule has 1 unspecified atom stereocenters. The van der Waals surface area contributed by atoms with Crippen molar-refractivity contribution in [1.29, 1.82) is 0 Å². The summed E-state index contributed by atoms with van der Waals surface area (Å²) in [6.45, 7) is 13.4. The van der Waals surface area contributed by atoms with Crippen molar-refractivity contribution < 1.29 is 0 Å². The van der Waals surface area contributed by atoms with E-state index in [0.717, 1.165) is 43.4 Å². The lowest BCUT2D eigenvalue weighted by Gasteiger charge is -2.36. The monoisotopic (exact) mass is 346 g/mol. The van der Waals surface area contributed by atoms with Crippen LogP contribution in [0.1, 0.15) is 31.4 Å². The van der Waals surface area contributed by atoms with Crippen LogP contribution in [0.4, 0.5) is 0 Å². The molecule has 0 spiro atoms. The van der Waals surface area contributed by atoms with Crippen LogP contribution in [0.15, 0.2) is 37.1 Å². The molecule has 0 aromatic carbocycles. The molecule has 2 heterocycles. The number of nitrogens with one attached hydrogen (secondary N) is 1. The third kappa shape index (κ3) is 5.96. The van der Waals surface area contributed by atoms with Gasteiger partial charge in [0.25, 0.3) is 0 Å². The molecule has 1 aromatic rings. The predicted molar refractivity (Wildman–Crippen MR) is 106 cm³/mol. The van der Waals surface area contributed by atoms with Gasteiger partial charge >= 0.3 is 0 Å². The van der Waals surface area contributed by atoms with E-state index in [1.165, 1.54) is 19.4 Å². The van der Waals surface area contributed by atoms with Crippen molar-refractivity contribution in [3.8, 4) is 0 Å². The normalized spacial score (nSPS) is 17.4. The highest BCUT2D eigenvalue weighted by Crippen LogP contribution is 2.17. The molecule has 4 nitrogen and oxygen atoms in total. The van der Waals surface area contributed by atoms with Gasteiger partial charge in [0, 0.05) is 45.5 Å². The summed E-state index contributed by atoms with van der Waals surface area (Å²) in [6.07, 6.45) is 6.26. The Morgan fingerprint density at radius 3 is 2.71 bits per heavy atom. The van der Waals surface area contributed by atoms with Gasteiger partial charge in [-0.3, -0.25) is 9.88 Å². The average Bonchev–Trinajstić information content (AvgIpc) is 2.64. The van der Waals surface area contributed by atoms with E-state index in [9.17, 15) is 0 Å². The van der Waals surface area contributed by atoms with Gasteiger partial charge in [-0.1, -0.05) is 37.7 Å². The fourth-order valence-corrected chi connectivity index (χ4v) is 3.30. The Hall–Kier alpha value is -1.30. The molecule has 1 fully saturated rings. The largest absolute Gasteiger partial charge is 0.376 e. The Balaban J connectivity index is 1.94. The first kappa shape index (κ1) is 19.0. The Labute approximate surface area is 151 Å². The second kappa shape index (κ2) is 10.5. The number of piperazine rings is 1. The summed E-state index contributed by atoms with van der Waals surface area (Å²) in [6, 6.07) is 6.06. The summed E-state index contributed by atoms with van der Waals surface area (Å²) in [7, 11) is 0. The van der Waals surface area contributed by atoms with Crippen molar-refractivity contribution in [2.45, 2.75) is 25.7 Å². The quantitative estimate of drug-likeness (QED) is 0.549. The number of aromatic nitrogens is 1. The van der Waals surface area contributed by atoms with Crippen LogP contribution < -0.4 is 5.32 Å². The SMILES string of the molecule is C=CCNC(=S)C(CN1CCN(CCCC)CC1)c1ccccn1. The van der Waals surface area contributed by atoms with E-state index in [1.54, 1.807) is 0 Å². The maximum Gasteiger partial charge on any atom is 0.0860 e. The minimum absolute atomic E-state index is 0.142. The first-order valence-electron chi connectivity index (χ1n) is 8.98. The second-order valence-corrected chi connectivity index (χ2v) is 6.78. The Morgan fingerprint density at radius 2 is 2.08 bits per heavy atom. The summed E-state index contributed by atoms with van der Waals surface area (Å²) < 4.78 is 0. The lowest BCUT2D eigenvalue weighted by molar-refractivity contribution is 0.130. The maximum absolute atomic E-state index is 5.64. The molecule has 5 heteroatoms. The lowest BCUT2D eigenvalue weighted by atomic mass is 10.0. The maximum atomic E-state index is 5.64. The molecule has 1 aliphatic rings. The van der Waals surface area contributed by atoms with Gasteiger partial charge in [0.05, 0.1) is 16.6 Å². The Bertz CT molecular complexity index is 497. The molecule has 1 saturated heterocycles. The molecule has 0 aliphatic carbocycles. The number of rotatable bonds is 9. The third-order valence-corrected chi connectivity index (χ3v) is 4.94. The number of unbranched alkanes of at least 4 members (excludes halogenated alkanes) is 1. The minimum Gasteiger partial charge on any atom is -0.376 e. The molecule has 1 atom stereocenters. The molecule has 1 aliphatic heterocycles. The summed E-state index contributed by atoms with van der Waals surface area (Å²) >= 11 is 5.64. The highest BCUT2D eigenvalue weighted by molar-refractivity contribution is 7.80. The van der Waals surface area contributed by atoms with E-state index in [4.69, 9.17) is 12.2 Å². The standard InChI is InChI=1S/C19H30N4S/c1-3-5-11-22-12-14-23(15-13-22)16-17(19(24)21-9-4-2)18-8-6-7-10-20-18/h4,6-8,10,17H,2-3,5,9,11-16H2,1H3,(H,21,24). The van der Waals surface area contributed by atoms with Crippen LogP contribution in [0.25, 0.3) is 0 Å². The van der Waals surface area contributed by atoms with Crippen LogP contribution >= 0.6 is 12.2 Å². The van der Waals surface area contributed by atoms with E-state index >= 15 is 0 Å². The van der Waals surface area contributed by atoms with Crippen LogP contribution in [-0.2, 0) is 0 Å². The van der Waals surface area contributed by atoms with Crippen molar-refractivity contribution in [3.63, 3.8) is 0 Å². The van der Waals surface area contributed by atoms with Gasteiger partial charge in [0.1, 0.15) is 0 Å². The van der Waals surface area contributed by atoms with E-state index in [0.29, 0.717) is 6.54 Å². The number of nitrogens with zero attached hydrogens (tertiary/aromatic N) is 3. The zero-order valence-electron chi connectivity index (χ0n) is 14.8. The third-order valence-electron chi connectivity index (χ3n) is 4.52. The van der Waals surface area contributed by atoms with Gasteiger partial charge in [0.15, 0.2) is 0 Å². The summed E-state index contributed by atoms with van der Waals surface area (Å²) in [5, 5.41) is 3.29. The van der Waals surface area contributed by atoms with Crippen molar-refractivity contribution in [3.05, 3.63) is 42.7 Å². The Morgan fingerprint density at radius 1 is 1.33 bits per heavy atom. The molecule has 1 N–H and O–H groups in total. The number of hydrogen-bond acceptors (Lipinski definition) is 4. The van der Waals surface area contributed by atoms with Crippen LogP contribution in [-0.4, -0.2) is 65.6 Å². The molecule has 0 radical (unpaired) electrons. The van der Waals surface area contributed by atoms with E-state index in [-0.39, 0.29) is 5.92 Å². The zero-order valence-corrected chi connectivity index (χ0v) is 15.6. The fraction of sp³-hybridized carbons (Fsp3) is 0.579. The molecule has 0 bridgehead atoms. The first-order chi connectivity index (χ1) is 11.7. The molecular weight excluding hydrogens is 316 g/mol. The van der Waals surface area contributed by atoms with Crippen LogP contribution in [0.3, 0.4) is 0 Å². The molecule has 24 heavy (non-hydrogen) atoms. The van der Waals surface area contributed by atoms with Crippen LogP contribution in [0.5, 0.6) is 0 Å². The topological polar surface area (TPSA) is 31.4 Å². The smallest absolute Gasteiger partial charge is 0.0860 e. The van der Waals surface area contributed by atoms with Gasteiger partial charge in [-0.25, -0.2) is 0 Å². The molecule has 0 saturated carbocycles. The predicted octanol–water partition coefficient (Wildman–Crippen LogP) is 2.69. The van der Waals surface area contributed by atoms with Crippen molar-refractivity contribution >= 4 is 17.2 Å². The lowest BCUT2D eigenvalue weighted by Crippen LogP contribution is -2.48. The Kier molecular flexibility index (Phi) is 8.36. The van der Waals surface area contributed by atoms with Gasteiger partial charge in [0.2, 0.25) is 0 Å². The van der Waals surface area contributed by atoms with Gasteiger partial charge < -0.3 is 10.2 Å². The van der Waals surface area contributed by atoms with E-state index in [2.05, 4.69) is 39.7 Å². The van der Waals surface area contributed by atoms with Crippen molar-refractivity contribution in [1.82, 2.24) is 20.1 Å². The summed E-state index contributed by atoms with van der Waals surface area (Å²) in [5.41, 5.74) is 1.05. The zero-order chi connectivity index (χ0) is 17.2. The van der Waals surface area contributed by atoms with Crippen LogP contribution in [0.2, 0.25) is 0 Å². The van der Waals surface area contributed by atoms with Crippen LogP contribution in [0, 0.1) is 0 Å². The van der Waals surface area contributed by atoms with Gasteiger partial charge in [-0.05, 0) is 25.1 Å². The van der Waals surface area contributed by atoms with Crippen molar-refractivity contribution in [2.24, 2.45) is 0 Å². The highest BCUT2D eigenvalue weighted by atomic mass is 32.1. The molecule has 1 aromatic heterocycles.